The van der Waals surface area contributed by atoms with E-state index in [1.165, 1.54) is 0 Å². The summed E-state index contributed by atoms with van der Waals surface area (Å²) in [6.07, 6.45) is 2.73. The molecule has 0 radical (unpaired) electrons. The van der Waals surface area contributed by atoms with E-state index < -0.39 is 5.60 Å². The predicted molar refractivity (Wildman–Crippen MR) is 35.1 cm³/mol. The van der Waals surface area contributed by atoms with Crippen molar-refractivity contribution in [2.75, 3.05) is 6.61 Å². The molecule has 1 fully saturated rings. The van der Waals surface area contributed by atoms with Crippen LogP contribution < -0.4 is 0 Å². The van der Waals surface area contributed by atoms with Gasteiger partial charge < -0.3 is 10.2 Å². The predicted octanol–water partition coefficient (Wildman–Crippen LogP) is 0.530. The van der Waals surface area contributed by atoms with Gasteiger partial charge >= 0.3 is 0 Å². The van der Waals surface area contributed by atoms with E-state index in [-0.39, 0.29) is 6.61 Å². The summed E-state index contributed by atoms with van der Waals surface area (Å²) in [5.41, 5.74) is -0.394. The van der Waals surface area contributed by atoms with Crippen molar-refractivity contribution in [3.63, 3.8) is 0 Å². The van der Waals surface area contributed by atoms with Crippen LogP contribution in [-0.4, -0.2) is 22.4 Å². The molecule has 2 unspecified atom stereocenters. The van der Waals surface area contributed by atoms with Crippen LogP contribution in [0.2, 0.25) is 0 Å². The van der Waals surface area contributed by atoms with Crippen LogP contribution in [0.1, 0.15) is 26.2 Å². The second kappa shape index (κ2) is 2.27. The number of hydrogen-bond acceptors (Lipinski definition) is 2. The molecule has 0 aliphatic heterocycles. The Hall–Kier alpha value is -0.0800. The average molecular weight is 130 g/mol. The number of hydrogen-bond donors (Lipinski definition) is 2. The van der Waals surface area contributed by atoms with Crippen LogP contribution in [-0.2, 0) is 0 Å². The first-order valence-electron chi connectivity index (χ1n) is 3.50. The van der Waals surface area contributed by atoms with E-state index in [4.69, 9.17) is 5.11 Å². The van der Waals surface area contributed by atoms with Crippen LogP contribution in [0.5, 0.6) is 0 Å². The lowest BCUT2D eigenvalue weighted by molar-refractivity contribution is 0.147. The first-order chi connectivity index (χ1) is 4.17. The molecule has 0 heterocycles. The van der Waals surface area contributed by atoms with Crippen molar-refractivity contribution >= 4 is 0 Å². The summed E-state index contributed by atoms with van der Waals surface area (Å²) >= 11 is 0. The Morgan fingerprint density at radius 3 is 2.56 bits per heavy atom. The first-order valence-corrected chi connectivity index (χ1v) is 3.50. The van der Waals surface area contributed by atoms with E-state index in [0.717, 1.165) is 19.3 Å². The monoisotopic (exact) mass is 130 g/mol. The smallest absolute Gasteiger partial charge is 0.0652 e. The summed E-state index contributed by atoms with van der Waals surface area (Å²) < 4.78 is 0. The fraction of sp³-hybridized carbons (Fsp3) is 1.00. The molecule has 2 heteroatoms. The molecule has 0 amide bonds. The fourth-order valence-electron chi connectivity index (χ4n) is 1.19. The van der Waals surface area contributed by atoms with Gasteiger partial charge in [0.1, 0.15) is 0 Å². The van der Waals surface area contributed by atoms with Gasteiger partial charge in [-0.1, -0.05) is 0 Å². The van der Waals surface area contributed by atoms with E-state index in [2.05, 4.69) is 0 Å². The van der Waals surface area contributed by atoms with Gasteiger partial charge in [-0.3, -0.25) is 0 Å². The van der Waals surface area contributed by atoms with Crippen LogP contribution in [0.25, 0.3) is 0 Å². The highest BCUT2D eigenvalue weighted by Crippen LogP contribution is 2.45. The minimum Gasteiger partial charge on any atom is -0.396 e. The van der Waals surface area contributed by atoms with Crippen molar-refractivity contribution in [3.8, 4) is 0 Å². The van der Waals surface area contributed by atoms with Crippen molar-refractivity contribution in [3.05, 3.63) is 0 Å². The molecule has 1 rings (SSSR count). The van der Waals surface area contributed by atoms with Crippen LogP contribution in [0.3, 0.4) is 0 Å². The first kappa shape index (κ1) is 7.03. The summed E-state index contributed by atoms with van der Waals surface area (Å²) in [6, 6.07) is 0. The molecule has 54 valence electrons. The van der Waals surface area contributed by atoms with Gasteiger partial charge in [0, 0.05) is 6.61 Å². The Morgan fingerprint density at radius 2 is 2.22 bits per heavy atom. The third-order valence-corrected chi connectivity index (χ3v) is 2.09. The normalized spacial score (nSPS) is 41.0. The largest absolute Gasteiger partial charge is 0.396 e. The summed E-state index contributed by atoms with van der Waals surface area (Å²) in [5, 5.41) is 17.7. The second-order valence-corrected chi connectivity index (χ2v) is 3.12. The molecule has 2 nitrogen and oxygen atoms in total. The molecule has 0 spiro atoms. The summed E-state index contributed by atoms with van der Waals surface area (Å²) in [4.78, 5) is 0. The van der Waals surface area contributed by atoms with Gasteiger partial charge in [0.05, 0.1) is 5.60 Å². The van der Waals surface area contributed by atoms with Crippen molar-refractivity contribution in [2.24, 2.45) is 5.92 Å². The molecule has 9 heavy (non-hydrogen) atoms. The van der Waals surface area contributed by atoms with E-state index in [1.807, 2.05) is 6.92 Å². The molecular formula is C7H14O2. The van der Waals surface area contributed by atoms with Crippen molar-refractivity contribution in [1.82, 2.24) is 0 Å². The SMILES string of the molecule is CC1(O)CC1CCCO. The molecule has 0 aromatic carbocycles. The zero-order chi connectivity index (χ0) is 6.91. The van der Waals surface area contributed by atoms with Gasteiger partial charge in [0.2, 0.25) is 0 Å². The van der Waals surface area contributed by atoms with Gasteiger partial charge in [0.15, 0.2) is 0 Å². The molecule has 0 bridgehead atoms. The Morgan fingerprint density at radius 1 is 1.67 bits per heavy atom. The number of rotatable bonds is 3. The van der Waals surface area contributed by atoms with Gasteiger partial charge in [-0.25, -0.2) is 0 Å². The maximum absolute atomic E-state index is 9.24. The molecule has 2 atom stereocenters. The van der Waals surface area contributed by atoms with Crippen LogP contribution in [0.4, 0.5) is 0 Å². The minimum atomic E-state index is -0.394. The van der Waals surface area contributed by atoms with Gasteiger partial charge in [-0.2, -0.15) is 0 Å². The lowest BCUT2D eigenvalue weighted by Gasteiger charge is -1.99. The third-order valence-electron chi connectivity index (χ3n) is 2.09. The molecule has 1 saturated carbocycles. The lowest BCUT2D eigenvalue weighted by Crippen LogP contribution is -2.03. The van der Waals surface area contributed by atoms with Crippen molar-refractivity contribution in [1.29, 1.82) is 0 Å². The third kappa shape index (κ3) is 1.66. The van der Waals surface area contributed by atoms with Crippen LogP contribution in [0, 0.1) is 5.92 Å². The zero-order valence-electron chi connectivity index (χ0n) is 5.80. The van der Waals surface area contributed by atoms with Crippen LogP contribution in [0.15, 0.2) is 0 Å². The van der Waals surface area contributed by atoms with Gasteiger partial charge in [0.25, 0.3) is 0 Å². The highest BCUT2D eigenvalue weighted by atomic mass is 16.3. The van der Waals surface area contributed by atoms with E-state index in [0.29, 0.717) is 5.92 Å². The number of aliphatic hydroxyl groups is 2. The Balaban J connectivity index is 2.06. The topological polar surface area (TPSA) is 40.5 Å². The molecule has 1 aliphatic carbocycles. The summed E-state index contributed by atoms with van der Waals surface area (Å²) in [7, 11) is 0. The minimum absolute atomic E-state index is 0.257. The second-order valence-electron chi connectivity index (χ2n) is 3.12. The fourth-order valence-corrected chi connectivity index (χ4v) is 1.19. The highest BCUT2D eigenvalue weighted by molar-refractivity contribution is 4.98. The molecule has 0 saturated heterocycles. The molecular weight excluding hydrogens is 116 g/mol. The quantitative estimate of drug-likeness (QED) is 0.585. The molecule has 1 aliphatic rings. The van der Waals surface area contributed by atoms with E-state index in [1.54, 1.807) is 0 Å². The lowest BCUT2D eigenvalue weighted by atomic mass is 10.2. The Kier molecular flexibility index (Phi) is 1.78. The summed E-state index contributed by atoms with van der Waals surface area (Å²) in [5.74, 6) is 0.463. The van der Waals surface area contributed by atoms with Gasteiger partial charge in [-0.05, 0) is 32.1 Å². The maximum atomic E-state index is 9.24. The van der Waals surface area contributed by atoms with Crippen molar-refractivity contribution < 1.29 is 10.2 Å². The van der Waals surface area contributed by atoms with Crippen LogP contribution >= 0.6 is 0 Å². The van der Waals surface area contributed by atoms with E-state index >= 15 is 0 Å². The Labute approximate surface area is 55.5 Å². The average Bonchev–Trinajstić information content (AvgIpc) is 2.35. The summed E-state index contributed by atoms with van der Waals surface area (Å²) in [6.45, 7) is 2.11. The molecule has 0 aromatic rings. The van der Waals surface area contributed by atoms with Gasteiger partial charge in [-0.15, -0.1) is 0 Å². The zero-order valence-corrected chi connectivity index (χ0v) is 5.80. The van der Waals surface area contributed by atoms with Crippen molar-refractivity contribution in [2.45, 2.75) is 31.8 Å². The van der Waals surface area contributed by atoms with E-state index in [9.17, 15) is 5.11 Å². The molecule has 2 N–H and O–H groups in total. The Bertz CT molecular complexity index is 99.1. The molecule has 0 aromatic heterocycles. The maximum Gasteiger partial charge on any atom is 0.0652 e. The standard InChI is InChI=1S/C7H14O2/c1-7(9)5-6(7)3-2-4-8/h6,8-9H,2-5H2,1H3. The highest BCUT2D eigenvalue weighted by Gasteiger charge is 2.47. The number of aliphatic hydroxyl groups excluding tert-OH is 1.